The van der Waals surface area contributed by atoms with Crippen molar-refractivity contribution in [3.8, 4) is 0 Å². The van der Waals surface area contributed by atoms with Crippen molar-refractivity contribution in [1.29, 1.82) is 0 Å². The van der Waals surface area contributed by atoms with E-state index in [0.717, 1.165) is 22.4 Å². The van der Waals surface area contributed by atoms with Crippen LogP contribution in [0.4, 0.5) is 11.4 Å². The third-order valence-corrected chi connectivity index (χ3v) is 14.3. The van der Waals surface area contributed by atoms with E-state index in [2.05, 4.69) is 10.3 Å². The molecule has 2 amide bonds. The number of aliphatic hydroxyl groups is 1. The van der Waals surface area contributed by atoms with Gasteiger partial charge in [-0.25, -0.2) is 5.01 Å². The van der Waals surface area contributed by atoms with Crippen molar-refractivity contribution in [2.75, 3.05) is 16.5 Å². The molecule has 4 aromatic carbocycles. The van der Waals surface area contributed by atoms with Crippen molar-refractivity contribution in [1.82, 2.24) is 15.0 Å². The van der Waals surface area contributed by atoms with Crippen LogP contribution in [-0.2, 0) is 33.0 Å². The molecule has 1 unspecified atom stereocenters. The van der Waals surface area contributed by atoms with E-state index in [1.54, 1.807) is 15.6 Å². The number of carbonyl (C=O) groups is 2. The van der Waals surface area contributed by atoms with Gasteiger partial charge in [-0.05, 0) is 66.5 Å². The minimum Gasteiger partial charge on any atom is -0.432 e. The van der Waals surface area contributed by atoms with Crippen molar-refractivity contribution in [2.45, 2.75) is 75.5 Å². The van der Waals surface area contributed by atoms with Crippen molar-refractivity contribution in [2.24, 2.45) is 11.0 Å². The molecule has 1 spiro atoms. The first-order valence-electron chi connectivity index (χ1n) is 19.1. The Balaban J connectivity index is 1.07. The second-order valence-corrected chi connectivity index (χ2v) is 20.0. The fraction of sp³-hybridized carbons (Fsp3) is 0.326. The van der Waals surface area contributed by atoms with Gasteiger partial charge in [0.15, 0.2) is 13.9 Å². The maximum Gasteiger partial charge on any atom is 0.264 e. The molecule has 3 aliphatic heterocycles. The lowest BCUT2D eigenvalue weighted by atomic mass is 9.82. The Hall–Kier alpha value is -4.98. The van der Waals surface area contributed by atoms with Crippen molar-refractivity contribution in [3.63, 3.8) is 0 Å². The number of hydrazone groups is 1. The van der Waals surface area contributed by atoms with Crippen LogP contribution in [0.1, 0.15) is 60.1 Å². The topological polar surface area (TPSA) is 133 Å². The Bertz CT molecular complexity index is 2280. The zero-order chi connectivity index (χ0) is 39.2. The molecule has 4 heterocycles. The lowest BCUT2D eigenvalue weighted by Gasteiger charge is -2.32. The fourth-order valence-corrected chi connectivity index (χ4v) is 11.7. The van der Waals surface area contributed by atoms with Gasteiger partial charge in [0, 0.05) is 47.6 Å². The van der Waals surface area contributed by atoms with E-state index in [0.29, 0.717) is 53.5 Å². The maximum atomic E-state index is 15.0. The summed E-state index contributed by atoms with van der Waals surface area (Å²) in [7, 11) is -2.93. The molecule has 0 aliphatic carbocycles. The molecule has 1 fully saturated rings. The molecule has 13 heteroatoms. The molecule has 11 nitrogen and oxygen atoms in total. The molecule has 1 saturated heterocycles. The van der Waals surface area contributed by atoms with Gasteiger partial charge in [-0.2, -0.15) is 5.10 Å². The highest BCUT2D eigenvalue weighted by Crippen LogP contribution is 2.60. The molecule has 8 rings (SSSR count). The van der Waals surface area contributed by atoms with E-state index in [4.69, 9.17) is 21.4 Å². The van der Waals surface area contributed by atoms with Gasteiger partial charge in [0.05, 0.1) is 48.0 Å². The Kier molecular flexibility index (Phi) is 10.3. The normalized spacial score (nSPS) is 22.8. The molecular weight excluding hydrogens is 744 g/mol. The highest BCUT2D eigenvalue weighted by molar-refractivity contribution is 6.71. The first-order chi connectivity index (χ1) is 27.0. The zero-order valence-electron chi connectivity index (χ0n) is 31.6. The van der Waals surface area contributed by atoms with Crippen LogP contribution < -0.4 is 9.91 Å². The lowest BCUT2D eigenvalue weighted by Crippen LogP contribution is -2.46. The number of anilines is 2. The standard InChI is InChI=1S/C43H45ClN6O5Si/c1-28-41(56(2,3)54)39(21-22-48-26-37(45-47-48)34(27-51)30-12-6-4-7-13-30)55-43(28)35-24-32(44)17-19-38(35)49(42(43)53)25-29-11-10-16-33(23-29)50-40(52)20-18-36(46-50)31-14-8-5-9-15-31/h4-17,19,23-24,26,28,34,39,41,51,54H,18,20-22,25,27H2,1-3H3/t28-,34?,39+,41-,43+/m1/s1. The number of amides is 2. The van der Waals surface area contributed by atoms with Gasteiger partial charge in [0.1, 0.15) is 0 Å². The van der Waals surface area contributed by atoms with Gasteiger partial charge in [-0.15, -0.1) is 5.10 Å². The third-order valence-electron chi connectivity index (χ3n) is 11.5. The summed E-state index contributed by atoms with van der Waals surface area (Å²) in [5.74, 6) is -0.990. The highest BCUT2D eigenvalue weighted by Gasteiger charge is 2.66. The number of nitrogens with zero attached hydrogens (tertiary/aromatic N) is 6. The minimum atomic E-state index is -2.93. The Morgan fingerprint density at radius 3 is 2.45 bits per heavy atom. The summed E-state index contributed by atoms with van der Waals surface area (Å²) in [6.07, 6.45) is 2.76. The second-order valence-electron chi connectivity index (χ2n) is 15.5. The van der Waals surface area contributed by atoms with Crippen LogP contribution in [0, 0.1) is 5.92 Å². The minimum absolute atomic E-state index is 0.0920. The largest absolute Gasteiger partial charge is 0.432 e. The average molecular weight is 789 g/mol. The molecule has 0 bridgehead atoms. The van der Waals surface area contributed by atoms with Gasteiger partial charge in [0.25, 0.3) is 5.91 Å². The number of aliphatic hydroxyl groups excluding tert-OH is 1. The molecule has 0 radical (unpaired) electrons. The Morgan fingerprint density at radius 1 is 0.964 bits per heavy atom. The predicted octanol–water partition coefficient (Wildman–Crippen LogP) is 7.02. The van der Waals surface area contributed by atoms with E-state index < -0.39 is 20.0 Å². The smallest absolute Gasteiger partial charge is 0.264 e. The van der Waals surface area contributed by atoms with Gasteiger partial charge in [0.2, 0.25) is 5.91 Å². The quantitative estimate of drug-likeness (QED) is 0.138. The summed E-state index contributed by atoms with van der Waals surface area (Å²) in [6.45, 7) is 6.36. The SMILES string of the molecule is C[C@@H]1[C@@H]([Si](C)(C)O)[C@H](CCn2cc(C(CO)c3ccccc3)nn2)O[C@@]12C(=O)N(Cc1cccc(N3N=C(c4ccccc4)CCC3=O)c1)c1ccc(Cl)cc12. The average Bonchev–Trinajstić information content (AvgIpc) is 3.85. The predicted molar refractivity (Wildman–Crippen MR) is 218 cm³/mol. The van der Waals surface area contributed by atoms with Gasteiger partial charge >= 0.3 is 0 Å². The van der Waals surface area contributed by atoms with E-state index in [-0.39, 0.29) is 42.3 Å². The molecule has 0 saturated carbocycles. The number of aromatic nitrogens is 3. The number of hydrogen-bond acceptors (Lipinski definition) is 8. The van der Waals surface area contributed by atoms with E-state index in [1.165, 1.54) is 5.01 Å². The van der Waals surface area contributed by atoms with Crippen LogP contribution in [0.25, 0.3) is 0 Å². The van der Waals surface area contributed by atoms with Crippen LogP contribution >= 0.6 is 11.6 Å². The Labute approximate surface area is 332 Å². The molecule has 1 aromatic heterocycles. The fourth-order valence-electron chi connectivity index (χ4n) is 8.93. The molecular formula is C43H45ClN6O5Si. The van der Waals surface area contributed by atoms with Gasteiger partial charge in [-0.1, -0.05) is 96.5 Å². The monoisotopic (exact) mass is 788 g/mol. The number of ether oxygens (including phenoxy) is 1. The third kappa shape index (κ3) is 6.90. The number of rotatable bonds is 11. The lowest BCUT2D eigenvalue weighted by molar-refractivity contribution is -0.146. The van der Waals surface area contributed by atoms with Gasteiger partial charge < -0.3 is 19.5 Å². The number of carbonyl (C=O) groups excluding carboxylic acids is 2. The molecule has 2 N–H and O–H groups in total. The molecule has 56 heavy (non-hydrogen) atoms. The molecule has 5 atom stereocenters. The van der Waals surface area contributed by atoms with Crippen molar-refractivity contribution >= 4 is 48.8 Å². The summed E-state index contributed by atoms with van der Waals surface area (Å²) in [5, 5.41) is 25.7. The summed E-state index contributed by atoms with van der Waals surface area (Å²) < 4.78 is 8.77. The van der Waals surface area contributed by atoms with E-state index in [1.807, 2.05) is 123 Å². The number of fused-ring (bicyclic) bond motifs is 2. The zero-order valence-corrected chi connectivity index (χ0v) is 33.4. The molecule has 5 aromatic rings. The van der Waals surface area contributed by atoms with Crippen LogP contribution in [0.15, 0.2) is 114 Å². The number of aryl methyl sites for hydroxylation is 1. The Morgan fingerprint density at radius 2 is 1.71 bits per heavy atom. The summed E-state index contributed by atoms with van der Waals surface area (Å²) in [5.41, 5.74) is 4.59. The molecule has 3 aliphatic rings. The first kappa shape index (κ1) is 37.9. The van der Waals surface area contributed by atoms with E-state index in [9.17, 15) is 14.7 Å². The highest BCUT2D eigenvalue weighted by atomic mass is 35.5. The maximum absolute atomic E-state index is 15.0. The summed E-state index contributed by atoms with van der Waals surface area (Å²) >= 11 is 6.64. The van der Waals surface area contributed by atoms with Crippen LogP contribution in [-0.4, -0.2) is 63.5 Å². The number of halogens is 1. The van der Waals surface area contributed by atoms with Crippen LogP contribution in [0.5, 0.6) is 0 Å². The molecule has 288 valence electrons. The van der Waals surface area contributed by atoms with Crippen molar-refractivity contribution < 1.29 is 24.2 Å². The summed E-state index contributed by atoms with van der Waals surface area (Å²) in [4.78, 5) is 41.7. The van der Waals surface area contributed by atoms with Crippen LogP contribution in [0.3, 0.4) is 0 Å². The van der Waals surface area contributed by atoms with Gasteiger partial charge in [-0.3, -0.25) is 14.3 Å². The first-order valence-corrected chi connectivity index (χ1v) is 22.5. The van der Waals surface area contributed by atoms with Crippen LogP contribution in [0.2, 0.25) is 23.7 Å². The number of hydrogen-bond donors (Lipinski definition) is 2. The van der Waals surface area contributed by atoms with E-state index >= 15 is 4.79 Å². The van der Waals surface area contributed by atoms with Crippen molar-refractivity contribution in [3.05, 3.63) is 142 Å². The summed E-state index contributed by atoms with van der Waals surface area (Å²) in [6, 6.07) is 32.6. The number of benzene rings is 4. The second kappa shape index (κ2) is 15.2.